The van der Waals surface area contributed by atoms with Crippen LogP contribution in [0.4, 0.5) is 0 Å². The lowest BCUT2D eigenvalue weighted by atomic mass is 10.2. The van der Waals surface area contributed by atoms with Crippen molar-refractivity contribution in [2.75, 3.05) is 0 Å². The smallest absolute Gasteiger partial charge is 0.135 e. The topological polar surface area (TPSA) is 60.6 Å². The summed E-state index contributed by atoms with van der Waals surface area (Å²) in [5, 5.41) is 3.55. The maximum absolute atomic E-state index is 11.6. The van der Waals surface area contributed by atoms with E-state index >= 15 is 0 Å². The van der Waals surface area contributed by atoms with Crippen LogP contribution in [0.1, 0.15) is 19.4 Å². The predicted molar refractivity (Wildman–Crippen MR) is 60.5 cm³/mol. The summed E-state index contributed by atoms with van der Waals surface area (Å²) in [6, 6.07) is 6.50. The minimum atomic E-state index is -3.63. The van der Waals surface area contributed by atoms with E-state index in [-0.39, 0.29) is 4.90 Å². The van der Waals surface area contributed by atoms with E-state index in [2.05, 4.69) is 9.93 Å². The fourth-order valence-corrected chi connectivity index (χ4v) is 1.74. The molecular weight excluding hydrogens is 212 g/mol. The molecule has 0 aromatic heterocycles. The molecule has 0 unspecified atom stereocenters. The lowest BCUT2D eigenvalue weighted by Crippen LogP contribution is -1.98. The molecule has 0 fully saturated rings. The average molecular weight is 225 g/mol. The molecule has 15 heavy (non-hydrogen) atoms. The third kappa shape index (κ3) is 3.36. The summed E-state index contributed by atoms with van der Waals surface area (Å²) in [6.07, 6.45) is 0. The highest BCUT2D eigenvalue weighted by molar-refractivity contribution is 7.93. The molecule has 82 valence electrons. The molecule has 0 saturated heterocycles. The third-order valence-electron chi connectivity index (χ3n) is 1.67. The Balaban J connectivity index is 2.97. The summed E-state index contributed by atoms with van der Waals surface area (Å²) in [7, 11) is -3.63. The van der Waals surface area contributed by atoms with Crippen LogP contribution < -0.4 is 0 Å². The number of aryl methyl sites for hydroxylation is 1. The normalized spacial score (nSPS) is 10.9. The summed E-state index contributed by atoms with van der Waals surface area (Å²) in [5.41, 5.74) is 1.61. The van der Waals surface area contributed by atoms with Gasteiger partial charge in [-0.3, -0.25) is 0 Å². The van der Waals surface area contributed by atoms with E-state index in [1.165, 1.54) is 12.1 Å². The molecule has 1 aromatic rings. The molecule has 0 spiro atoms. The van der Waals surface area contributed by atoms with Gasteiger partial charge in [0.2, 0.25) is 0 Å². The van der Waals surface area contributed by atoms with Gasteiger partial charge in [0.1, 0.15) is 10.0 Å². The molecule has 0 heterocycles. The van der Waals surface area contributed by atoms with E-state index in [9.17, 15) is 8.42 Å². The number of sulfonamides is 1. The fraction of sp³-hybridized carbons (Fsp3) is 0.300. The van der Waals surface area contributed by atoms with E-state index in [4.69, 9.17) is 0 Å². The Bertz CT molecular complexity index is 457. The maximum atomic E-state index is 11.6. The van der Waals surface area contributed by atoms with Gasteiger partial charge in [-0.25, -0.2) is 8.42 Å². The van der Waals surface area contributed by atoms with Crippen LogP contribution in [0, 0.1) is 6.92 Å². The van der Waals surface area contributed by atoms with Crippen molar-refractivity contribution in [2.45, 2.75) is 25.7 Å². The van der Waals surface area contributed by atoms with Gasteiger partial charge in [0.05, 0.1) is 4.90 Å². The second kappa shape index (κ2) is 4.44. The monoisotopic (exact) mass is 225 g/mol. The number of benzene rings is 1. The largest absolute Gasteiger partial charge is 0.491 e. The first-order valence-electron chi connectivity index (χ1n) is 4.47. The van der Waals surface area contributed by atoms with Crippen LogP contribution >= 0.6 is 0 Å². The van der Waals surface area contributed by atoms with Crippen LogP contribution in [-0.2, 0) is 10.0 Å². The molecule has 0 atom stereocenters. The van der Waals surface area contributed by atoms with Crippen LogP contribution in [-0.4, -0.2) is 14.1 Å². The SMILES string of the molecule is CC(C)=N[N-]S(=O)(=O)c1ccc(C)cc1. The van der Waals surface area contributed by atoms with Crippen molar-refractivity contribution in [3.63, 3.8) is 0 Å². The van der Waals surface area contributed by atoms with Crippen LogP contribution in [0.25, 0.3) is 4.83 Å². The van der Waals surface area contributed by atoms with Crippen LogP contribution in [0.3, 0.4) is 0 Å². The van der Waals surface area contributed by atoms with Gasteiger partial charge in [-0.15, -0.1) is 0 Å². The first-order valence-corrected chi connectivity index (χ1v) is 5.91. The minimum Gasteiger partial charge on any atom is -0.491 e. The first-order chi connectivity index (χ1) is 6.92. The highest BCUT2D eigenvalue weighted by Gasteiger charge is 2.02. The number of nitrogens with zero attached hydrogens (tertiary/aromatic N) is 2. The van der Waals surface area contributed by atoms with Gasteiger partial charge in [-0.2, -0.15) is 0 Å². The molecule has 0 radical (unpaired) electrons. The molecule has 0 aliphatic heterocycles. The van der Waals surface area contributed by atoms with Crippen LogP contribution in [0.5, 0.6) is 0 Å². The molecule has 1 aromatic carbocycles. The molecule has 0 bridgehead atoms. The quantitative estimate of drug-likeness (QED) is 0.586. The Morgan fingerprint density at radius 3 is 2.20 bits per heavy atom. The van der Waals surface area contributed by atoms with E-state index in [0.29, 0.717) is 5.71 Å². The zero-order valence-corrected chi connectivity index (χ0v) is 9.75. The standard InChI is InChI=1S/C10H13N2O2S/c1-8(2)11-12-15(13,14)10-6-4-9(3)5-7-10/h4-7H,1-3H3/q-1. The molecule has 4 nitrogen and oxygen atoms in total. The van der Waals surface area contributed by atoms with Crippen molar-refractivity contribution in [3.05, 3.63) is 34.7 Å². The lowest BCUT2D eigenvalue weighted by Gasteiger charge is -2.16. The van der Waals surface area contributed by atoms with E-state index < -0.39 is 10.0 Å². The molecule has 1 rings (SSSR count). The van der Waals surface area contributed by atoms with Crippen molar-refractivity contribution in [1.29, 1.82) is 0 Å². The lowest BCUT2D eigenvalue weighted by molar-refractivity contribution is 0.602. The summed E-state index contributed by atoms with van der Waals surface area (Å²) >= 11 is 0. The molecule has 0 aliphatic rings. The Morgan fingerprint density at radius 1 is 1.20 bits per heavy atom. The maximum Gasteiger partial charge on any atom is 0.135 e. The first kappa shape index (κ1) is 11.7. The van der Waals surface area contributed by atoms with Crippen molar-refractivity contribution in [2.24, 2.45) is 5.10 Å². The molecule has 0 N–H and O–H groups in total. The molecule has 0 saturated carbocycles. The Kier molecular flexibility index (Phi) is 3.47. The number of hydrogen-bond donors (Lipinski definition) is 0. The second-order valence-corrected chi connectivity index (χ2v) is 5.00. The summed E-state index contributed by atoms with van der Waals surface area (Å²) in [5.74, 6) is 0. The van der Waals surface area contributed by atoms with Gasteiger partial charge in [-0.05, 0) is 38.6 Å². The van der Waals surface area contributed by atoms with Gasteiger partial charge in [0.15, 0.2) is 0 Å². The second-order valence-electron chi connectivity index (χ2n) is 3.42. The molecule has 0 aliphatic carbocycles. The highest BCUT2D eigenvalue weighted by atomic mass is 32.2. The Hall–Kier alpha value is -1.36. The van der Waals surface area contributed by atoms with E-state index in [0.717, 1.165) is 5.56 Å². The highest BCUT2D eigenvalue weighted by Crippen LogP contribution is 2.17. The van der Waals surface area contributed by atoms with Crippen molar-refractivity contribution in [3.8, 4) is 0 Å². The number of rotatable bonds is 3. The van der Waals surface area contributed by atoms with Crippen LogP contribution in [0.2, 0.25) is 0 Å². The van der Waals surface area contributed by atoms with Gasteiger partial charge >= 0.3 is 0 Å². The Morgan fingerprint density at radius 2 is 1.73 bits per heavy atom. The number of hydrogen-bond acceptors (Lipinski definition) is 3. The minimum absolute atomic E-state index is 0.165. The third-order valence-corrected chi connectivity index (χ3v) is 2.83. The molecule has 0 amide bonds. The summed E-state index contributed by atoms with van der Waals surface area (Å²) in [6.45, 7) is 5.27. The average Bonchev–Trinajstić information content (AvgIpc) is 2.16. The van der Waals surface area contributed by atoms with Crippen molar-refractivity contribution >= 4 is 15.7 Å². The van der Waals surface area contributed by atoms with Crippen LogP contribution in [0.15, 0.2) is 34.3 Å². The Labute approximate surface area is 90.1 Å². The molecular formula is C10H13N2O2S-. The van der Waals surface area contributed by atoms with Crippen molar-refractivity contribution < 1.29 is 8.42 Å². The van der Waals surface area contributed by atoms with E-state index in [1.807, 2.05) is 6.92 Å². The zero-order chi connectivity index (χ0) is 11.5. The predicted octanol–water partition coefficient (Wildman–Crippen LogP) is 2.45. The zero-order valence-electron chi connectivity index (χ0n) is 8.93. The fourth-order valence-electron chi connectivity index (χ4n) is 0.893. The van der Waals surface area contributed by atoms with Gasteiger partial charge in [-0.1, -0.05) is 17.7 Å². The summed E-state index contributed by atoms with van der Waals surface area (Å²) in [4.78, 5) is 3.48. The van der Waals surface area contributed by atoms with Gasteiger partial charge in [0.25, 0.3) is 0 Å². The summed E-state index contributed by atoms with van der Waals surface area (Å²) < 4.78 is 23.1. The van der Waals surface area contributed by atoms with E-state index in [1.54, 1.807) is 26.0 Å². The molecule has 5 heteroatoms. The van der Waals surface area contributed by atoms with Gasteiger partial charge in [0, 0.05) is 0 Å². The van der Waals surface area contributed by atoms with Gasteiger partial charge < -0.3 is 9.93 Å². The van der Waals surface area contributed by atoms with Crippen molar-refractivity contribution in [1.82, 2.24) is 0 Å².